The van der Waals surface area contributed by atoms with E-state index >= 15 is 0 Å². The highest BCUT2D eigenvalue weighted by Crippen LogP contribution is 2.17. The molecule has 0 spiro atoms. The van der Waals surface area contributed by atoms with E-state index in [1.165, 1.54) is 0 Å². The predicted molar refractivity (Wildman–Crippen MR) is 71.1 cm³/mol. The van der Waals surface area contributed by atoms with Crippen LogP contribution in [0.5, 0.6) is 0 Å². The molecule has 2 heterocycles. The van der Waals surface area contributed by atoms with E-state index < -0.39 is 0 Å². The summed E-state index contributed by atoms with van der Waals surface area (Å²) in [7, 11) is 0. The van der Waals surface area contributed by atoms with Crippen LogP contribution in [0.2, 0.25) is 0 Å². The molecule has 0 aliphatic rings. The normalized spacial score (nSPS) is 11.0. The number of benzene rings is 1. The van der Waals surface area contributed by atoms with Gasteiger partial charge >= 0.3 is 0 Å². The van der Waals surface area contributed by atoms with E-state index in [1.54, 1.807) is 0 Å². The Hall–Kier alpha value is -2.20. The van der Waals surface area contributed by atoms with Crippen LogP contribution in [0.15, 0.2) is 42.6 Å². The summed E-state index contributed by atoms with van der Waals surface area (Å²) in [5.74, 6) is 0.740. The van der Waals surface area contributed by atoms with Crippen LogP contribution >= 0.6 is 0 Å². The molecule has 2 N–H and O–H groups in total. The van der Waals surface area contributed by atoms with Crippen molar-refractivity contribution in [1.29, 1.82) is 0 Å². The highest BCUT2D eigenvalue weighted by atomic mass is 15.3. The van der Waals surface area contributed by atoms with Crippen molar-refractivity contribution < 1.29 is 0 Å². The summed E-state index contributed by atoms with van der Waals surface area (Å²) in [6, 6.07) is 12.0. The third kappa shape index (κ3) is 1.87. The number of nitrogens with two attached hydrogens (primary N) is 1. The number of hydrogen-bond donors (Lipinski definition) is 1. The SMILES string of the molecule is Cc1ccc2nc(-c3ccc(CN)cc3)nn2c1. The van der Waals surface area contributed by atoms with Crippen molar-refractivity contribution >= 4 is 5.65 Å². The second kappa shape index (κ2) is 4.23. The largest absolute Gasteiger partial charge is 0.326 e. The predicted octanol–water partition coefficient (Wildman–Crippen LogP) is 2.16. The van der Waals surface area contributed by atoms with Gasteiger partial charge in [-0.2, -0.15) is 0 Å². The summed E-state index contributed by atoms with van der Waals surface area (Å²) < 4.78 is 1.81. The Labute approximate surface area is 105 Å². The fourth-order valence-corrected chi connectivity index (χ4v) is 1.90. The lowest BCUT2D eigenvalue weighted by molar-refractivity contribution is 0.956. The molecular weight excluding hydrogens is 224 g/mol. The lowest BCUT2D eigenvalue weighted by atomic mass is 10.1. The van der Waals surface area contributed by atoms with Gasteiger partial charge in [0.05, 0.1) is 0 Å². The highest BCUT2D eigenvalue weighted by molar-refractivity contribution is 5.58. The van der Waals surface area contributed by atoms with Crippen LogP contribution in [0, 0.1) is 6.92 Å². The minimum absolute atomic E-state index is 0.554. The minimum Gasteiger partial charge on any atom is -0.326 e. The van der Waals surface area contributed by atoms with Crippen LogP contribution in [-0.4, -0.2) is 14.6 Å². The van der Waals surface area contributed by atoms with Crippen LogP contribution in [-0.2, 0) is 6.54 Å². The van der Waals surface area contributed by atoms with Gasteiger partial charge in [0.25, 0.3) is 0 Å². The van der Waals surface area contributed by atoms with Gasteiger partial charge in [-0.15, -0.1) is 5.10 Å². The van der Waals surface area contributed by atoms with Crippen LogP contribution in [0.4, 0.5) is 0 Å². The molecule has 0 saturated heterocycles. The van der Waals surface area contributed by atoms with Crippen molar-refractivity contribution in [3.63, 3.8) is 0 Å². The Morgan fingerprint density at radius 2 is 1.89 bits per heavy atom. The zero-order valence-electron chi connectivity index (χ0n) is 10.2. The van der Waals surface area contributed by atoms with Crippen LogP contribution in [0.1, 0.15) is 11.1 Å². The maximum atomic E-state index is 5.58. The first-order valence-corrected chi connectivity index (χ1v) is 5.89. The first-order valence-electron chi connectivity index (χ1n) is 5.89. The van der Waals surface area contributed by atoms with E-state index in [0.29, 0.717) is 6.54 Å². The quantitative estimate of drug-likeness (QED) is 0.744. The molecule has 0 saturated carbocycles. The second-order valence-electron chi connectivity index (χ2n) is 4.35. The zero-order chi connectivity index (χ0) is 12.5. The Bertz CT molecular complexity index is 683. The van der Waals surface area contributed by atoms with Gasteiger partial charge < -0.3 is 5.73 Å². The van der Waals surface area contributed by atoms with Gasteiger partial charge in [-0.3, -0.25) is 0 Å². The number of fused-ring (bicyclic) bond motifs is 1. The number of rotatable bonds is 2. The molecule has 0 fully saturated rings. The molecule has 0 atom stereocenters. The monoisotopic (exact) mass is 238 g/mol. The third-order valence-electron chi connectivity index (χ3n) is 2.93. The average Bonchev–Trinajstić information content (AvgIpc) is 2.81. The van der Waals surface area contributed by atoms with E-state index in [9.17, 15) is 0 Å². The molecule has 3 aromatic rings. The molecule has 0 unspecified atom stereocenters. The molecule has 3 rings (SSSR count). The van der Waals surface area contributed by atoms with Crippen molar-refractivity contribution in [2.75, 3.05) is 0 Å². The highest BCUT2D eigenvalue weighted by Gasteiger charge is 2.05. The van der Waals surface area contributed by atoms with Crippen molar-refractivity contribution in [3.05, 3.63) is 53.7 Å². The van der Waals surface area contributed by atoms with Gasteiger partial charge in [0.1, 0.15) is 0 Å². The molecule has 0 bridgehead atoms. The van der Waals surface area contributed by atoms with Gasteiger partial charge in [0.15, 0.2) is 11.5 Å². The average molecular weight is 238 g/mol. The molecule has 18 heavy (non-hydrogen) atoms. The van der Waals surface area contributed by atoms with Crippen LogP contribution < -0.4 is 5.73 Å². The van der Waals surface area contributed by atoms with E-state index in [2.05, 4.69) is 10.1 Å². The fourth-order valence-electron chi connectivity index (χ4n) is 1.90. The number of nitrogens with zero attached hydrogens (tertiary/aromatic N) is 3. The Morgan fingerprint density at radius 1 is 1.11 bits per heavy atom. The molecule has 4 heteroatoms. The summed E-state index contributed by atoms with van der Waals surface area (Å²) >= 11 is 0. The smallest absolute Gasteiger partial charge is 0.182 e. The van der Waals surface area contributed by atoms with Crippen molar-refractivity contribution in [3.8, 4) is 11.4 Å². The van der Waals surface area contributed by atoms with Gasteiger partial charge in [-0.1, -0.05) is 30.3 Å². The molecule has 90 valence electrons. The lowest BCUT2D eigenvalue weighted by Crippen LogP contribution is -1.95. The van der Waals surface area contributed by atoms with Gasteiger partial charge in [0.2, 0.25) is 0 Å². The van der Waals surface area contributed by atoms with E-state index in [0.717, 1.165) is 28.2 Å². The van der Waals surface area contributed by atoms with E-state index in [1.807, 2.05) is 54.0 Å². The molecule has 0 amide bonds. The minimum atomic E-state index is 0.554. The molecule has 0 radical (unpaired) electrons. The first-order chi connectivity index (χ1) is 8.76. The third-order valence-corrected chi connectivity index (χ3v) is 2.93. The fraction of sp³-hybridized carbons (Fsp3) is 0.143. The number of pyridine rings is 1. The van der Waals surface area contributed by atoms with Crippen LogP contribution in [0.25, 0.3) is 17.0 Å². The Morgan fingerprint density at radius 3 is 2.61 bits per heavy atom. The molecule has 2 aromatic heterocycles. The van der Waals surface area contributed by atoms with E-state index in [4.69, 9.17) is 5.73 Å². The number of aromatic nitrogens is 3. The Balaban J connectivity index is 2.07. The van der Waals surface area contributed by atoms with Gasteiger partial charge in [-0.25, -0.2) is 9.50 Å². The maximum Gasteiger partial charge on any atom is 0.182 e. The van der Waals surface area contributed by atoms with Crippen molar-refractivity contribution in [1.82, 2.24) is 14.6 Å². The first kappa shape index (κ1) is 10.9. The summed E-state index contributed by atoms with van der Waals surface area (Å²) in [6.07, 6.45) is 1.97. The van der Waals surface area contributed by atoms with Gasteiger partial charge in [0, 0.05) is 18.3 Å². The van der Waals surface area contributed by atoms with Crippen molar-refractivity contribution in [2.45, 2.75) is 13.5 Å². The lowest BCUT2D eigenvalue weighted by Gasteiger charge is -1.97. The summed E-state index contributed by atoms with van der Waals surface area (Å²) in [5, 5.41) is 4.47. The molecule has 1 aromatic carbocycles. The molecular formula is C14H14N4. The van der Waals surface area contributed by atoms with E-state index in [-0.39, 0.29) is 0 Å². The van der Waals surface area contributed by atoms with Crippen LogP contribution in [0.3, 0.4) is 0 Å². The van der Waals surface area contributed by atoms with Crippen molar-refractivity contribution in [2.24, 2.45) is 5.73 Å². The number of hydrogen-bond acceptors (Lipinski definition) is 3. The van der Waals surface area contributed by atoms with Gasteiger partial charge in [-0.05, 0) is 24.1 Å². The topological polar surface area (TPSA) is 56.2 Å². The molecule has 0 aliphatic heterocycles. The molecule has 0 aliphatic carbocycles. The summed E-state index contributed by atoms with van der Waals surface area (Å²) in [4.78, 5) is 4.50. The zero-order valence-corrected chi connectivity index (χ0v) is 10.2. The number of aryl methyl sites for hydroxylation is 1. The molecule has 4 nitrogen and oxygen atoms in total. The Kier molecular flexibility index (Phi) is 2.57. The summed E-state index contributed by atoms with van der Waals surface area (Å²) in [5.41, 5.74) is 9.72. The maximum absolute atomic E-state index is 5.58. The summed E-state index contributed by atoms with van der Waals surface area (Å²) in [6.45, 7) is 2.59. The second-order valence-corrected chi connectivity index (χ2v) is 4.35. The standard InChI is InChI=1S/C14H14N4/c1-10-2-7-13-16-14(17-18(13)9-10)12-5-3-11(8-15)4-6-12/h2-7,9H,8,15H2,1H3.